The number of aromatic nitrogens is 1. The molecule has 0 saturated carbocycles. The maximum Gasteiger partial charge on any atom is 0.337 e. The molecule has 5 heteroatoms. The molecule has 17 heavy (non-hydrogen) atoms. The van der Waals surface area contributed by atoms with E-state index in [0.717, 1.165) is 5.52 Å². The van der Waals surface area contributed by atoms with Crippen molar-refractivity contribution in [3.63, 3.8) is 0 Å². The lowest BCUT2D eigenvalue weighted by Gasteiger charge is -2.08. The highest BCUT2D eigenvalue weighted by Gasteiger charge is 2.24. The lowest BCUT2D eigenvalue weighted by Crippen LogP contribution is -2.11. The summed E-state index contributed by atoms with van der Waals surface area (Å²) in [6, 6.07) is 5.34. The van der Waals surface area contributed by atoms with Crippen LogP contribution in [-0.4, -0.2) is 28.3 Å². The molecule has 1 aromatic carbocycles. The number of aliphatic carboxylic acids is 1. The van der Waals surface area contributed by atoms with Crippen LogP contribution in [0.1, 0.15) is 17.4 Å². The van der Waals surface area contributed by atoms with Gasteiger partial charge in [0, 0.05) is 22.2 Å². The van der Waals surface area contributed by atoms with Crippen molar-refractivity contribution in [2.75, 3.05) is 7.11 Å². The molecule has 1 aromatic heterocycles. The number of hydrogen-bond donors (Lipinski definition) is 3. The summed E-state index contributed by atoms with van der Waals surface area (Å²) in [7, 11) is 1.51. The molecule has 0 aliphatic carbocycles. The third-order valence-corrected chi connectivity index (χ3v) is 2.75. The molecule has 90 valence electrons. The van der Waals surface area contributed by atoms with Crippen LogP contribution >= 0.6 is 0 Å². The number of rotatable bonds is 3. The van der Waals surface area contributed by atoms with Crippen molar-refractivity contribution in [3.8, 4) is 5.75 Å². The minimum atomic E-state index is -1.56. The number of aryl methyl sites for hydroxylation is 1. The molecule has 0 spiro atoms. The molecule has 5 nitrogen and oxygen atoms in total. The van der Waals surface area contributed by atoms with Gasteiger partial charge in [-0.05, 0) is 19.1 Å². The average molecular weight is 235 g/mol. The molecule has 3 N–H and O–H groups in total. The van der Waals surface area contributed by atoms with E-state index in [4.69, 9.17) is 9.84 Å². The smallest absolute Gasteiger partial charge is 0.337 e. The van der Waals surface area contributed by atoms with Crippen LogP contribution in [0.5, 0.6) is 5.75 Å². The van der Waals surface area contributed by atoms with Gasteiger partial charge < -0.3 is 19.9 Å². The van der Waals surface area contributed by atoms with E-state index in [1.54, 1.807) is 19.1 Å². The first-order valence-corrected chi connectivity index (χ1v) is 5.12. The normalized spacial score (nSPS) is 12.6. The van der Waals surface area contributed by atoms with E-state index < -0.39 is 12.1 Å². The zero-order valence-electron chi connectivity index (χ0n) is 9.52. The summed E-state index contributed by atoms with van der Waals surface area (Å²) in [6.07, 6.45) is -1.56. The zero-order valence-corrected chi connectivity index (χ0v) is 9.52. The van der Waals surface area contributed by atoms with Crippen molar-refractivity contribution in [3.05, 3.63) is 29.5 Å². The number of benzene rings is 1. The van der Waals surface area contributed by atoms with Crippen LogP contribution in [0.3, 0.4) is 0 Å². The predicted octanol–water partition coefficient (Wildman–Crippen LogP) is 1.60. The van der Waals surface area contributed by atoms with Gasteiger partial charge in [0.15, 0.2) is 6.10 Å². The topological polar surface area (TPSA) is 82.5 Å². The summed E-state index contributed by atoms with van der Waals surface area (Å²) in [5, 5.41) is 19.2. The molecular formula is C12H13NO4. The second-order valence-electron chi connectivity index (χ2n) is 3.79. The van der Waals surface area contributed by atoms with Crippen LogP contribution in [0, 0.1) is 6.92 Å². The van der Waals surface area contributed by atoms with Gasteiger partial charge in [-0.3, -0.25) is 0 Å². The molecule has 0 aliphatic heterocycles. The fraction of sp³-hybridized carbons (Fsp3) is 0.250. The van der Waals surface area contributed by atoms with Crippen LogP contribution in [0.4, 0.5) is 0 Å². The maximum atomic E-state index is 10.9. The molecule has 0 fully saturated rings. The van der Waals surface area contributed by atoms with Crippen molar-refractivity contribution >= 4 is 16.9 Å². The number of aromatic amines is 1. The summed E-state index contributed by atoms with van der Waals surface area (Å²) in [6.45, 7) is 1.72. The van der Waals surface area contributed by atoms with Gasteiger partial charge in [-0.2, -0.15) is 0 Å². The van der Waals surface area contributed by atoms with E-state index in [1.807, 2.05) is 6.07 Å². The highest BCUT2D eigenvalue weighted by atomic mass is 16.5. The Bertz CT molecular complexity index is 573. The van der Waals surface area contributed by atoms with Crippen molar-refractivity contribution in [1.82, 2.24) is 4.98 Å². The zero-order chi connectivity index (χ0) is 12.6. The Hall–Kier alpha value is -2.01. The van der Waals surface area contributed by atoms with Gasteiger partial charge in [0.1, 0.15) is 5.75 Å². The number of ether oxygens (including phenoxy) is 1. The molecule has 1 unspecified atom stereocenters. The number of carbonyl (C=O) groups is 1. The number of carboxylic acid groups (broad SMARTS) is 1. The number of nitrogens with one attached hydrogen (secondary N) is 1. The largest absolute Gasteiger partial charge is 0.496 e. The lowest BCUT2D eigenvalue weighted by atomic mass is 10.0. The second-order valence-corrected chi connectivity index (χ2v) is 3.79. The molecule has 0 radical (unpaired) electrons. The van der Waals surface area contributed by atoms with Crippen LogP contribution < -0.4 is 4.74 Å². The highest BCUT2D eigenvalue weighted by Crippen LogP contribution is 2.34. The number of carboxylic acids is 1. The summed E-state index contributed by atoms with van der Waals surface area (Å²) < 4.78 is 5.19. The molecule has 2 aromatic rings. The first-order valence-electron chi connectivity index (χ1n) is 5.12. The van der Waals surface area contributed by atoms with Gasteiger partial charge in [-0.1, -0.05) is 6.07 Å². The molecular weight excluding hydrogens is 222 g/mol. The van der Waals surface area contributed by atoms with E-state index in [2.05, 4.69) is 4.98 Å². The summed E-state index contributed by atoms with van der Waals surface area (Å²) >= 11 is 0. The number of H-pyrrole nitrogens is 1. The molecule has 0 saturated heterocycles. The Morgan fingerprint density at radius 1 is 1.47 bits per heavy atom. The van der Waals surface area contributed by atoms with Crippen LogP contribution in [-0.2, 0) is 4.79 Å². The van der Waals surface area contributed by atoms with Crippen LogP contribution in [0.25, 0.3) is 10.9 Å². The van der Waals surface area contributed by atoms with Gasteiger partial charge in [0.25, 0.3) is 0 Å². The third-order valence-electron chi connectivity index (χ3n) is 2.75. The van der Waals surface area contributed by atoms with Gasteiger partial charge >= 0.3 is 5.97 Å². The second kappa shape index (κ2) is 4.10. The SMILES string of the molecule is COc1cccc2[nH]c(C)c(C(O)C(=O)O)c12. The Morgan fingerprint density at radius 3 is 2.76 bits per heavy atom. The quantitative estimate of drug-likeness (QED) is 0.754. The van der Waals surface area contributed by atoms with Gasteiger partial charge in [0.05, 0.1) is 7.11 Å². The number of methoxy groups -OCH3 is 1. The fourth-order valence-corrected chi connectivity index (χ4v) is 2.01. The number of fused-ring (bicyclic) bond motifs is 1. The monoisotopic (exact) mass is 235 g/mol. The van der Waals surface area contributed by atoms with Crippen LogP contribution in [0.2, 0.25) is 0 Å². The van der Waals surface area contributed by atoms with E-state index >= 15 is 0 Å². The van der Waals surface area contributed by atoms with Crippen molar-refractivity contribution in [2.24, 2.45) is 0 Å². The molecule has 0 bridgehead atoms. The van der Waals surface area contributed by atoms with E-state index in [0.29, 0.717) is 22.4 Å². The lowest BCUT2D eigenvalue weighted by molar-refractivity contribution is -0.146. The van der Waals surface area contributed by atoms with Crippen molar-refractivity contribution in [1.29, 1.82) is 0 Å². The highest BCUT2D eigenvalue weighted by molar-refractivity contribution is 5.94. The minimum absolute atomic E-state index is 0.352. The van der Waals surface area contributed by atoms with E-state index in [9.17, 15) is 9.90 Å². The molecule has 1 atom stereocenters. The fourth-order valence-electron chi connectivity index (χ4n) is 2.01. The van der Waals surface area contributed by atoms with E-state index in [1.165, 1.54) is 7.11 Å². The average Bonchev–Trinajstić information content (AvgIpc) is 2.63. The van der Waals surface area contributed by atoms with Crippen LogP contribution in [0.15, 0.2) is 18.2 Å². The number of aliphatic hydroxyl groups excluding tert-OH is 1. The Labute approximate surface area is 97.6 Å². The summed E-state index contributed by atoms with van der Waals surface area (Å²) in [5.74, 6) is -0.734. The minimum Gasteiger partial charge on any atom is -0.496 e. The van der Waals surface area contributed by atoms with Gasteiger partial charge in [0.2, 0.25) is 0 Å². The third kappa shape index (κ3) is 1.74. The first kappa shape index (κ1) is 11.5. The maximum absolute atomic E-state index is 10.9. The van der Waals surface area contributed by atoms with Gasteiger partial charge in [-0.15, -0.1) is 0 Å². The van der Waals surface area contributed by atoms with Crippen molar-refractivity contribution < 1.29 is 19.7 Å². The number of hydrogen-bond acceptors (Lipinski definition) is 3. The van der Waals surface area contributed by atoms with E-state index in [-0.39, 0.29) is 0 Å². The Morgan fingerprint density at radius 2 is 2.18 bits per heavy atom. The Kier molecular flexibility index (Phi) is 2.77. The summed E-state index contributed by atoms with van der Waals surface area (Å²) in [5.41, 5.74) is 1.72. The molecule has 2 rings (SSSR count). The predicted molar refractivity (Wildman–Crippen MR) is 62.2 cm³/mol. The number of aliphatic hydroxyl groups is 1. The van der Waals surface area contributed by atoms with Crippen molar-refractivity contribution in [2.45, 2.75) is 13.0 Å². The standard InChI is InChI=1S/C12H13NO4/c1-6-9(11(14)12(15)16)10-7(13-6)4-3-5-8(10)17-2/h3-5,11,13-14H,1-2H3,(H,15,16). The molecule has 1 heterocycles. The molecule has 0 aliphatic rings. The molecule has 0 amide bonds. The first-order chi connectivity index (χ1) is 8.06. The summed E-state index contributed by atoms with van der Waals surface area (Å²) in [4.78, 5) is 13.9. The van der Waals surface area contributed by atoms with Gasteiger partial charge in [-0.25, -0.2) is 4.79 Å². The Balaban J connectivity index is 2.77.